The maximum Gasteiger partial charge on any atom is 0.231 e. The van der Waals surface area contributed by atoms with Crippen molar-refractivity contribution in [2.45, 2.75) is 0 Å². The third-order valence-electron chi connectivity index (χ3n) is 4.76. The fourth-order valence-electron chi connectivity index (χ4n) is 3.09. The molecule has 3 aromatic rings. The molecule has 0 radical (unpaired) electrons. The molecule has 0 atom stereocenters. The number of methoxy groups -OCH3 is 1. The lowest BCUT2D eigenvalue weighted by Crippen LogP contribution is -2.11. The summed E-state index contributed by atoms with van der Waals surface area (Å²) in [5.74, 6) is 1.45. The monoisotopic (exact) mass is 412 g/mol. The van der Waals surface area contributed by atoms with Crippen LogP contribution in [0.5, 0.6) is 17.2 Å². The van der Waals surface area contributed by atoms with Gasteiger partial charge in [-0.1, -0.05) is 42.5 Å². The number of Topliss-reactive ketones (excluding diaryl/α,β-unsaturated/α-hetero) is 2. The second-order valence-electron chi connectivity index (χ2n) is 6.83. The number of hydrogen-bond acceptors (Lipinski definition) is 5. The van der Waals surface area contributed by atoms with E-state index in [9.17, 15) is 9.59 Å². The molecule has 0 saturated heterocycles. The van der Waals surface area contributed by atoms with Crippen molar-refractivity contribution in [3.8, 4) is 17.2 Å². The average molecular weight is 412 g/mol. The third-order valence-corrected chi connectivity index (χ3v) is 4.76. The van der Waals surface area contributed by atoms with Crippen LogP contribution in [0.4, 0.5) is 0 Å². The molecule has 0 saturated carbocycles. The zero-order chi connectivity index (χ0) is 21.6. The van der Waals surface area contributed by atoms with Crippen molar-refractivity contribution in [3.63, 3.8) is 0 Å². The maximum absolute atomic E-state index is 12.5. The van der Waals surface area contributed by atoms with Crippen LogP contribution < -0.4 is 14.2 Å². The minimum absolute atomic E-state index is 0.123. The molecule has 154 valence electrons. The number of hydrogen-bond donors (Lipinski definition) is 0. The molecule has 0 bridgehead atoms. The first-order valence-electron chi connectivity index (χ1n) is 9.74. The van der Waals surface area contributed by atoms with Crippen molar-refractivity contribution in [3.05, 3.63) is 107 Å². The van der Waals surface area contributed by atoms with Gasteiger partial charge in [0, 0.05) is 11.6 Å². The van der Waals surface area contributed by atoms with Crippen molar-refractivity contribution in [1.82, 2.24) is 0 Å². The normalized spacial score (nSPS) is 13.8. The van der Waals surface area contributed by atoms with Crippen LogP contribution in [0.3, 0.4) is 0 Å². The minimum atomic E-state index is -0.187. The highest BCUT2D eigenvalue weighted by Crippen LogP contribution is 2.34. The Hall–Kier alpha value is -4.12. The van der Waals surface area contributed by atoms with Gasteiger partial charge in [0.25, 0.3) is 0 Å². The second kappa shape index (κ2) is 9.13. The average Bonchev–Trinajstić information content (AvgIpc) is 3.13. The van der Waals surface area contributed by atoms with Gasteiger partial charge >= 0.3 is 0 Å². The van der Waals surface area contributed by atoms with Crippen LogP contribution in [0.25, 0.3) is 6.08 Å². The highest BCUT2D eigenvalue weighted by molar-refractivity contribution is 6.12. The Bertz CT molecular complexity index is 1160. The molecular weight excluding hydrogens is 392 g/mol. The SMILES string of the molecule is COc1ccc(C(=O)COc2ccc3c(c2)OC(=CC=Cc2ccccc2)C3=O)cc1. The zero-order valence-electron chi connectivity index (χ0n) is 16.9. The molecule has 0 unspecified atom stereocenters. The number of ketones is 2. The van der Waals surface area contributed by atoms with E-state index < -0.39 is 0 Å². The van der Waals surface area contributed by atoms with E-state index in [-0.39, 0.29) is 23.9 Å². The number of ether oxygens (including phenoxy) is 3. The summed E-state index contributed by atoms with van der Waals surface area (Å²) in [6.07, 6.45) is 5.31. The Morgan fingerprint density at radius 3 is 2.45 bits per heavy atom. The Balaban J connectivity index is 1.40. The van der Waals surface area contributed by atoms with Gasteiger partial charge in [0.2, 0.25) is 5.78 Å². The van der Waals surface area contributed by atoms with Gasteiger partial charge in [-0.25, -0.2) is 0 Å². The van der Waals surface area contributed by atoms with E-state index in [1.165, 1.54) is 0 Å². The summed E-state index contributed by atoms with van der Waals surface area (Å²) in [5.41, 5.74) is 2.02. The molecule has 0 N–H and O–H groups in total. The number of rotatable bonds is 7. The van der Waals surface area contributed by atoms with E-state index in [1.54, 1.807) is 61.7 Å². The van der Waals surface area contributed by atoms with Crippen molar-refractivity contribution in [1.29, 1.82) is 0 Å². The van der Waals surface area contributed by atoms with Crippen LogP contribution in [-0.4, -0.2) is 25.3 Å². The van der Waals surface area contributed by atoms with Crippen molar-refractivity contribution in [2.24, 2.45) is 0 Å². The fourth-order valence-corrected chi connectivity index (χ4v) is 3.09. The van der Waals surface area contributed by atoms with Crippen LogP contribution in [0.2, 0.25) is 0 Å². The molecule has 0 amide bonds. The quantitative estimate of drug-likeness (QED) is 0.398. The minimum Gasteiger partial charge on any atom is -0.497 e. The van der Waals surface area contributed by atoms with Gasteiger partial charge in [-0.2, -0.15) is 0 Å². The lowest BCUT2D eigenvalue weighted by Gasteiger charge is -2.07. The van der Waals surface area contributed by atoms with Crippen LogP contribution in [0, 0.1) is 0 Å². The van der Waals surface area contributed by atoms with Crippen molar-refractivity contribution >= 4 is 17.6 Å². The van der Waals surface area contributed by atoms with Crippen LogP contribution in [0.1, 0.15) is 26.3 Å². The summed E-state index contributed by atoms with van der Waals surface area (Å²) in [4.78, 5) is 24.8. The summed E-state index contributed by atoms with van der Waals surface area (Å²) >= 11 is 0. The van der Waals surface area contributed by atoms with Crippen LogP contribution in [0.15, 0.2) is 90.7 Å². The lowest BCUT2D eigenvalue weighted by atomic mass is 10.1. The first kappa shape index (κ1) is 20.2. The van der Waals surface area contributed by atoms with E-state index in [0.717, 1.165) is 5.56 Å². The van der Waals surface area contributed by atoms with E-state index in [0.29, 0.717) is 28.4 Å². The fraction of sp³-hybridized carbons (Fsp3) is 0.0769. The highest BCUT2D eigenvalue weighted by Gasteiger charge is 2.27. The molecule has 0 fully saturated rings. The topological polar surface area (TPSA) is 61.8 Å². The summed E-state index contributed by atoms with van der Waals surface area (Å²) in [5, 5.41) is 0. The van der Waals surface area contributed by atoms with Gasteiger partial charge in [-0.3, -0.25) is 9.59 Å². The number of fused-ring (bicyclic) bond motifs is 1. The third kappa shape index (κ3) is 4.73. The van der Waals surface area contributed by atoms with Crippen molar-refractivity contribution in [2.75, 3.05) is 13.7 Å². The first-order valence-corrected chi connectivity index (χ1v) is 9.74. The largest absolute Gasteiger partial charge is 0.497 e. The molecule has 5 heteroatoms. The molecule has 1 aliphatic heterocycles. The molecule has 5 nitrogen and oxygen atoms in total. The van der Waals surface area contributed by atoms with E-state index in [4.69, 9.17) is 14.2 Å². The van der Waals surface area contributed by atoms with Gasteiger partial charge in [-0.05, 0) is 48.0 Å². The Labute approximate surface area is 180 Å². The number of carbonyl (C=O) groups excluding carboxylic acids is 2. The smallest absolute Gasteiger partial charge is 0.231 e. The Morgan fingerprint density at radius 2 is 1.71 bits per heavy atom. The predicted octanol–water partition coefficient (Wildman–Crippen LogP) is 5.13. The first-order chi connectivity index (χ1) is 15.1. The summed E-state index contributed by atoms with van der Waals surface area (Å²) in [6, 6.07) is 21.5. The molecule has 4 rings (SSSR count). The second-order valence-corrected chi connectivity index (χ2v) is 6.83. The molecule has 0 aromatic heterocycles. The highest BCUT2D eigenvalue weighted by atomic mass is 16.5. The van der Waals surface area contributed by atoms with Gasteiger partial charge in [0.05, 0.1) is 12.7 Å². The summed E-state index contributed by atoms with van der Waals surface area (Å²) < 4.78 is 16.4. The molecule has 0 aliphatic carbocycles. The molecule has 0 spiro atoms. The van der Waals surface area contributed by atoms with Crippen LogP contribution >= 0.6 is 0 Å². The van der Waals surface area contributed by atoms with E-state index >= 15 is 0 Å². The van der Waals surface area contributed by atoms with Gasteiger partial charge in [0.1, 0.15) is 17.2 Å². The van der Waals surface area contributed by atoms with E-state index in [1.807, 2.05) is 36.4 Å². The van der Waals surface area contributed by atoms with Gasteiger partial charge in [-0.15, -0.1) is 0 Å². The van der Waals surface area contributed by atoms with Crippen molar-refractivity contribution < 1.29 is 23.8 Å². The predicted molar refractivity (Wildman–Crippen MR) is 118 cm³/mol. The zero-order valence-corrected chi connectivity index (χ0v) is 16.9. The summed E-state index contributed by atoms with van der Waals surface area (Å²) in [6.45, 7) is -0.123. The molecular formula is C26H20O5. The molecule has 31 heavy (non-hydrogen) atoms. The number of carbonyl (C=O) groups is 2. The molecule has 1 aliphatic rings. The van der Waals surface area contributed by atoms with Gasteiger partial charge < -0.3 is 14.2 Å². The maximum atomic E-state index is 12.5. The van der Waals surface area contributed by atoms with Crippen LogP contribution in [-0.2, 0) is 0 Å². The van der Waals surface area contributed by atoms with E-state index in [2.05, 4.69) is 0 Å². The number of allylic oxidation sites excluding steroid dienone is 3. The lowest BCUT2D eigenvalue weighted by molar-refractivity contribution is 0.0920. The number of benzene rings is 3. The van der Waals surface area contributed by atoms with Gasteiger partial charge in [0.15, 0.2) is 18.1 Å². The standard InChI is InChI=1S/C26H20O5/c1-29-20-12-10-19(11-13-20)23(27)17-30-21-14-15-22-25(16-21)31-24(26(22)28)9-5-8-18-6-3-2-4-7-18/h2-16H,17H2,1H3. The Kier molecular flexibility index (Phi) is 5.94. The summed E-state index contributed by atoms with van der Waals surface area (Å²) in [7, 11) is 1.57. The molecule has 1 heterocycles. The molecule has 3 aromatic carbocycles. The Morgan fingerprint density at radius 1 is 0.968 bits per heavy atom.